The van der Waals surface area contributed by atoms with Gasteiger partial charge in [0.15, 0.2) is 6.29 Å². The predicted molar refractivity (Wildman–Crippen MR) is 131 cm³/mol. The molecule has 2 aromatic rings. The lowest BCUT2D eigenvalue weighted by Gasteiger charge is -2.48. The number of nitrogens with zero attached hydrogens (tertiary/aromatic N) is 6. The summed E-state index contributed by atoms with van der Waals surface area (Å²) in [5, 5.41) is 4.38. The molecule has 1 amide bonds. The minimum absolute atomic E-state index is 0.0667. The third-order valence-electron chi connectivity index (χ3n) is 6.74. The highest BCUT2D eigenvalue weighted by Gasteiger charge is 2.43. The average Bonchev–Trinajstić information content (AvgIpc) is 2.87. The number of rotatable bonds is 6. The number of hydroxylamine groups is 2. The van der Waals surface area contributed by atoms with Crippen LogP contribution in [0.25, 0.3) is 0 Å². The molecule has 0 radical (unpaired) electrons. The summed E-state index contributed by atoms with van der Waals surface area (Å²) < 4.78 is 32.4. The Bertz CT molecular complexity index is 1230. The summed E-state index contributed by atoms with van der Waals surface area (Å²) >= 11 is 0. The lowest BCUT2D eigenvalue weighted by molar-refractivity contribution is -0.167. The fraction of sp³-hybridized carbons (Fsp3) is 0.458. The van der Waals surface area contributed by atoms with E-state index in [2.05, 4.69) is 20.2 Å². The van der Waals surface area contributed by atoms with Crippen LogP contribution in [-0.4, -0.2) is 90.1 Å². The number of hydrogen-bond donors (Lipinski definition) is 1. The molecule has 3 aliphatic heterocycles. The average molecular weight is 514 g/mol. The van der Waals surface area contributed by atoms with E-state index in [-0.39, 0.29) is 10.8 Å². The van der Waals surface area contributed by atoms with E-state index in [9.17, 15) is 13.2 Å². The van der Waals surface area contributed by atoms with Gasteiger partial charge in [-0.25, -0.2) is 9.97 Å². The molecule has 1 fully saturated rings. The van der Waals surface area contributed by atoms with Gasteiger partial charge >= 0.3 is 10.1 Å². The van der Waals surface area contributed by atoms with Crippen molar-refractivity contribution >= 4 is 16.0 Å². The fourth-order valence-electron chi connectivity index (χ4n) is 4.78. The second kappa shape index (κ2) is 10.1. The van der Waals surface area contributed by atoms with Crippen molar-refractivity contribution in [3.05, 3.63) is 65.5 Å². The van der Waals surface area contributed by atoms with Crippen LogP contribution >= 0.6 is 0 Å². The van der Waals surface area contributed by atoms with E-state index >= 15 is 0 Å². The molecule has 5 rings (SSSR count). The summed E-state index contributed by atoms with van der Waals surface area (Å²) in [4.78, 5) is 27.9. The number of piperazine rings is 1. The number of carbonyl (C=O) groups excluding carboxylic acids is 1. The smallest absolute Gasteiger partial charge is 0.317 e. The van der Waals surface area contributed by atoms with E-state index in [0.717, 1.165) is 17.8 Å². The van der Waals surface area contributed by atoms with E-state index in [1.54, 1.807) is 30.6 Å². The molecule has 36 heavy (non-hydrogen) atoms. The molecule has 0 bridgehead atoms. The Labute approximate surface area is 211 Å². The molecule has 1 aromatic carbocycles. The quantitative estimate of drug-likeness (QED) is 0.597. The van der Waals surface area contributed by atoms with Crippen LogP contribution in [0.4, 0.5) is 0 Å². The molecule has 192 valence electrons. The number of nitrogens with one attached hydrogen (secondary N) is 1. The molecule has 1 N–H and O–H groups in total. The molecular weight excluding hydrogens is 482 g/mol. The van der Waals surface area contributed by atoms with Crippen molar-refractivity contribution in [3.8, 4) is 0 Å². The topological polar surface area (TPSA) is 111 Å². The summed E-state index contributed by atoms with van der Waals surface area (Å²) in [6, 6.07) is 8.33. The molecular formula is C24H31N7O4S. The van der Waals surface area contributed by atoms with E-state index in [0.29, 0.717) is 57.1 Å². The molecule has 3 aliphatic rings. The molecule has 12 heteroatoms. The van der Waals surface area contributed by atoms with Crippen LogP contribution in [0.2, 0.25) is 0 Å². The highest BCUT2D eigenvalue weighted by molar-refractivity contribution is 7.86. The SMILES string of the molecule is Cc1ccc(S(=O)(=O)ON2C3=C(CCCN3C)C(=O)NC2N2CCN(Cc3ncccn3)CC2)cc1. The third-order valence-corrected chi connectivity index (χ3v) is 7.95. The molecule has 0 aliphatic carbocycles. The Balaban J connectivity index is 1.39. The number of aryl methyl sites for hydroxylation is 1. The van der Waals surface area contributed by atoms with Crippen LogP contribution < -0.4 is 5.32 Å². The van der Waals surface area contributed by atoms with Gasteiger partial charge in [0.05, 0.1) is 17.0 Å². The van der Waals surface area contributed by atoms with E-state index in [1.165, 1.54) is 17.2 Å². The van der Waals surface area contributed by atoms with Crippen molar-refractivity contribution in [2.24, 2.45) is 0 Å². The first-order valence-corrected chi connectivity index (χ1v) is 13.5. The molecule has 1 unspecified atom stereocenters. The Morgan fingerprint density at radius 3 is 2.44 bits per heavy atom. The zero-order valence-corrected chi connectivity index (χ0v) is 21.3. The summed E-state index contributed by atoms with van der Waals surface area (Å²) in [6.45, 7) is 5.86. The van der Waals surface area contributed by atoms with E-state index < -0.39 is 16.4 Å². The summed E-state index contributed by atoms with van der Waals surface area (Å²) in [7, 11) is -2.27. The molecule has 4 heterocycles. The molecule has 1 saturated heterocycles. The Kier molecular flexibility index (Phi) is 6.93. The van der Waals surface area contributed by atoms with Gasteiger partial charge in [0.1, 0.15) is 11.6 Å². The van der Waals surface area contributed by atoms with Gasteiger partial charge < -0.3 is 10.2 Å². The minimum atomic E-state index is -4.13. The van der Waals surface area contributed by atoms with Crippen molar-refractivity contribution in [1.29, 1.82) is 0 Å². The van der Waals surface area contributed by atoms with Gasteiger partial charge in [-0.1, -0.05) is 17.7 Å². The lowest BCUT2D eigenvalue weighted by Crippen LogP contribution is -2.66. The first kappa shape index (κ1) is 24.6. The summed E-state index contributed by atoms with van der Waals surface area (Å²) in [6.07, 6.45) is 4.07. The molecule has 1 atom stereocenters. The predicted octanol–water partition coefficient (Wildman–Crippen LogP) is 0.876. The van der Waals surface area contributed by atoms with Gasteiger partial charge in [-0.2, -0.15) is 13.5 Å². The maximum atomic E-state index is 13.3. The standard InChI is InChI=1S/C24H31N7O4S/c1-18-6-8-19(9-7-18)36(33,34)35-31-23-20(5-3-12-28(23)2)22(32)27-24(31)30-15-13-29(14-16-30)17-21-25-10-4-11-26-21/h4,6-11,24H,3,5,12-17H2,1-2H3,(H,27,32). The molecule has 0 saturated carbocycles. The van der Waals surface area contributed by atoms with E-state index in [1.807, 2.05) is 23.8 Å². The molecule has 11 nitrogen and oxygen atoms in total. The van der Waals surface area contributed by atoms with Gasteiger partial charge in [-0.3, -0.25) is 14.6 Å². The van der Waals surface area contributed by atoms with Crippen LogP contribution in [0, 0.1) is 6.92 Å². The summed E-state index contributed by atoms with van der Waals surface area (Å²) in [5.41, 5.74) is 1.49. The van der Waals surface area contributed by atoms with Crippen molar-refractivity contribution in [2.45, 2.75) is 37.5 Å². The maximum absolute atomic E-state index is 13.3. The second-order valence-electron chi connectivity index (χ2n) is 9.32. The first-order valence-electron chi connectivity index (χ1n) is 12.1. The molecule has 0 spiro atoms. The summed E-state index contributed by atoms with van der Waals surface area (Å²) in [5.74, 6) is 1.07. The van der Waals surface area contributed by atoms with Crippen LogP contribution in [0.1, 0.15) is 24.2 Å². The number of carbonyl (C=O) groups is 1. The van der Waals surface area contributed by atoms with Gasteiger partial charge in [0, 0.05) is 52.2 Å². The van der Waals surface area contributed by atoms with Gasteiger partial charge in [0.2, 0.25) is 0 Å². The van der Waals surface area contributed by atoms with Crippen LogP contribution in [-0.2, 0) is 25.7 Å². The van der Waals surface area contributed by atoms with E-state index in [4.69, 9.17) is 4.28 Å². The van der Waals surface area contributed by atoms with Crippen molar-refractivity contribution in [1.82, 2.24) is 35.0 Å². The molecule has 1 aromatic heterocycles. The van der Waals surface area contributed by atoms with Gasteiger partial charge in [-0.15, -0.1) is 4.28 Å². The number of hydrogen-bond acceptors (Lipinski definition) is 10. The van der Waals surface area contributed by atoms with Gasteiger partial charge in [-0.05, 0) is 38.0 Å². The zero-order chi connectivity index (χ0) is 25.3. The normalized spacial score (nSPS) is 21.9. The zero-order valence-electron chi connectivity index (χ0n) is 20.5. The van der Waals surface area contributed by atoms with Crippen LogP contribution in [0.3, 0.4) is 0 Å². The lowest BCUT2D eigenvalue weighted by atomic mass is 10.0. The first-order chi connectivity index (χ1) is 17.3. The highest BCUT2D eigenvalue weighted by atomic mass is 32.2. The van der Waals surface area contributed by atoms with Gasteiger partial charge in [0.25, 0.3) is 5.91 Å². The number of amides is 1. The minimum Gasteiger partial charge on any atom is -0.359 e. The Morgan fingerprint density at radius 2 is 1.75 bits per heavy atom. The second-order valence-corrected chi connectivity index (χ2v) is 10.8. The number of aromatic nitrogens is 2. The Morgan fingerprint density at radius 1 is 1.06 bits per heavy atom. The Hall–Kier alpha value is -3.06. The fourth-order valence-corrected chi connectivity index (χ4v) is 5.70. The maximum Gasteiger partial charge on any atom is 0.317 e. The van der Waals surface area contributed by atoms with Crippen molar-refractivity contribution in [3.63, 3.8) is 0 Å². The highest BCUT2D eigenvalue weighted by Crippen LogP contribution is 2.32. The monoisotopic (exact) mass is 513 g/mol. The van der Waals surface area contributed by atoms with Crippen molar-refractivity contribution in [2.75, 3.05) is 39.8 Å². The largest absolute Gasteiger partial charge is 0.359 e. The van der Waals surface area contributed by atoms with Crippen molar-refractivity contribution < 1.29 is 17.5 Å². The third kappa shape index (κ3) is 5.07. The van der Waals surface area contributed by atoms with Crippen LogP contribution in [0.15, 0.2) is 59.0 Å². The van der Waals surface area contributed by atoms with Crippen LogP contribution in [0.5, 0.6) is 0 Å². The number of benzene rings is 1.